The Morgan fingerprint density at radius 1 is 1.39 bits per heavy atom. The number of amides is 1. The first kappa shape index (κ1) is 20.5. The molecule has 7 nitrogen and oxygen atoms in total. The van der Waals surface area contributed by atoms with E-state index in [9.17, 15) is 14.4 Å². The number of nitrogens with zero attached hydrogens (tertiary/aromatic N) is 3. The number of rotatable bonds is 5. The summed E-state index contributed by atoms with van der Waals surface area (Å²) < 4.78 is 1.47. The Kier molecular flexibility index (Phi) is 5.61. The highest BCUT2D eigenvalue weighted by Crippen LogP contribution is 2.41. The smallest absolute Gasteiger partial charge is 0.323 e. The van der Waals surface area contributed by atoms with E-state index < -0.39 is 5.97 Å². The lowest BCUT2D eigenvalue weighted by molar-refractivity contribution is -0.143. The Morgan fingerprint density at radius 3 is 2.75 bits per heavy atom. The predicted octanol–water partition coefficient (Wildman–Crippen LogP) is 2.54. The van der Waals surface area contributed by atoms with E-state index in [1.807, 2.05) is 0 Å². The van der Waals surface area contributed by atoms with Crippen LogP contribution in [-0.2, 0) is 29.0 Å². The average Bonchev–Trinajstić information content (AvgIpc) is 2.97. The van der Waals surface area contributed by atoms with E-state index in [2.05, 4.69) is 25.8 Å². The molecule has 28 heavy (non-hydrogen) atoms. The van der Waals surface area contributed by atoms with Crippen LogP contribution in [0.3, 0.4) is 0 Å². The van der Waals surface area contributed by atoms with Crippen molar-refractivity contribution >= 4 is 33.4 Å². The van der Waals surface area contributed by atoms with Crippen molar-refractivity contribution in [2.45, 2.75) is 53.0 Å². The van der Waals surface area contributed by atoms with E-state index in [1.165, 1.54) is 22.8 Å². The molecule has 0 aliphatic heterocycles. The maximum Gasteiger partial charge on any atom is 0.323 e. The third kappa shape index (κ3) is 4.11. The Balaban J connectivity index is 1.82. The summed E-state index contributed by atoms with van der Waals surface area (Å²) in [5.41, 5.74) is 1.26. The van der Waals surface area contributed by atoms with Crippen molar-refractivity contribution in [3.63, 3.8) is 0 Å². The van der Waals surface area contributed by atoms with Crippen molar-refractivity contribution in [2.75, 3.05) is 13.6 Å². The van der Waals surface area contributed by atoms with Gasteiger partial charge in [-0.3, -0.25) is 19.0 Å². The van der Waals surface area contributed by atoms with Gasteiger partial charge in [0.25, 0.3) is 5.56 Å². The number of carboxylic acid groups (broad SMARTS) is 1. The van der Waals surface area contributed by atoms with Crippen molar-refractivity contribution in [3.8, 4) is 0 Å². The van der Waals surface area contributed by atoms with Crippen LogP contribution in [-0.4, -0.2) is 45.0 Å². The van der Waals surface area contributed by atoms with Gasteiger partial charge < -0.3 is 10.0 Å². The fourth-order valence-corrected chi connectivity index (χ4v) is 5.06. The summed E-state index contributed by atoms with van der Waals surface area (Å²) >= 11 is 1.61. The summed E-state index contributed by atoms with van der Waals surface area (Å²) in [5.74, 6) is -0.776. The minimum atomic E-state index is -1.06. The summed E-state index contributed by atoms with van der Waals surface area (Å²) in [7, 11) is 1.45. The lowest BCUT2D eigenvalue weighted by Gasteiger charge is -2.33. The lowest BCUT2D eigenvalue weighted by Crippen LogP contribution is -2.33. The monoisotopic (exact) mass is 405 g/mol. The molecular formula is C20H27N3O4S. The largest absolute Gasteiger partial charge is 0.480 e. The van der Waals surface area contributed by atoms with Crippen molar-refractivity contribution in [2.24, 2.45) is 11.3 Å². The molecule has 1 amide bonds. The maximum absolute atomic E-state index is 13.0. The van der Waals surface area contributed by atoms with Crippen LogP contribution < -0.4 is 5.56 Å². The zero-order valence-corrected chi connectivity index (χ0v) is 17.6. The van der Waals surface area contributed by atoms with Crippen LogP contribution in [0.15, 0.2) is 11.1 Å². The molecule has 0 fully saturated rings. The van der Waals surface area contributed by atoms with E-state index in [4.69, 9.17) is 5.11 Å². The van der Waals surface area contributed by atoms with Crippen LogP contribution in [0.2, 0.25) is 0 Å². The predicted molar refractivity (Wildman–Crippen MR) is 109 cm³/mol. The zero-order chi connectivity index (χ0) is 20.6. The van der Waals surface area contributed by atoms with Crippen LogP contribution >= 0.6 is 11.3 Å². The molecular weight excluding hydrogens is 378 g/mol. The summed E-state index contributed by atoms with van der Waals surface area (Å²) in [4.78, 5) is 43.5. The van der Waals surface area contributed by atoms with Crippen LogP contribution in [0.4, 0.5) is 0 Å². The van der Waals surface area contributed by atoms with E-state index in [0.29, 0.717) is 11.3 Å². The SMILES string of the molecule is CN(CC(=O)O)C(=O)CCn1cnc2sc3c(c2c1=O)CCC(C(C)(C)C)C3. The van der Waals surface area contributed by atoms with E-state index in [1.54, 1.807) is 11.3 Å². The summed E-state index contributed by atoms with van der Waals surface area (Å²) in [5, 5.41) is 9.48. The number of aliphatic carboxylic acids is 1. The van der Waals surface area contributed by atoms with Gasteiger partial charge in [-0.1, -0.05) is 20.8 Å². The number of thiophene rings is 1. The van der Waals surface area contributed by atoms with Gasteiger partial charge in [0.05, 0.1) is 11.7 Å². The van der Waals surface area contributed by atoms with Gasteiger partial charge in [0.2, 0.25) is 5.91 Å². The van der Waals surface area contributed by atoms with Crippen molar-refractivity contribution < 1.29 is 14.7 Å². The van der Waals surface area contributed by atoms with Gasteiger partial charge >= 0.3 is 5.97 Å². The molecule has 2 heterocycles. The first-order chi connectivity index (χ1) is 13.1. The molecule has 1 aliphatic rings. The molecule has 1 aliphatic carbocycles. The summed E-state index contributed by atoms with van der Waals surface area (Å²) in [6.07, 6.45) is 4.50. The second-order valence-electron chi connectivity index (χ2n) is 8.63. The van der Waals surface area contributed by atoms with Gasteiger partial charge in [0.15, 0.2) is 0 Å². The first-order valence-corrected chi connectivity index (χ1v) is 10.3. The molecule has 1 atom stereocenters. The molecule has 1 N–H and O–H groups in total. The van der Waals surface area contributed by atoms with Gasteiger partial charge in [0, 0.05) is 24.9 Å². The molecule has 3 rings (SSSR count). The van der Waals surface area contributed by atoms with Crippen LogP contribution in [0.5, 0.6) is 0 Å². The minimum Gasteiger partial charge on any atom is -0.480 e. The average molecular weight is 406 g/mol. The van der Waals surface area contributed by atoms with Gasteiger partial charge in [-0.05, 0) is 36.2 Å². The number of aromatic nitrogens is 2. The highest BCUT2D eigenvalue weighted by Gasteiger charge is 2.31. The van der Waals surface area contributed by atoms with Crippen molar-refractivity contribution in [1.29, 1.82) is 0 Å². The molecule has 0 aromatic carbocycles. The van der Waals surface area contributed by atoms with E-state index in [-0.39, 0.29) is 36.4 Å². The molecule has 0 bridgehead atoms. The number of hydrogen-bond acceptors (Lipinski definition) is 5. The Bertz CT molecular complexity index is 970. The zero-order valence-electron chi connectivity index (χ0n) is 16.8. The van der Waals surface area contributed by atoms with Crippen molar-refractivity contribution in [1.82, 2.24) is 14.5 Å². The number of hydrogen-bond donors (Lipinski definition) is 1. The molecule has 0 spiro atoms. The Hall–Kier alpha value is -2.22. The highest BCUT2D eigenvalue weighted by molar-refractivity contribution is 7.18. The van der Waals surface area contributed by atoms with E-state index >= 15 is 0 Å². The van der Waals surface area contributed by atoms with E-state index in [0.717, 1.165) is 34.6 Å². The third-order valence-electron chi connectivity index (χ3n) is 5.63. The number of carbonyl (C=O) groups is 2. The third-order valence-corrected chi connectivity index (χ3v) is 6.79. The molecule has 1 unspecified atom stereocenters. The second kappa shape index (κ2) is 7.66. The normalized spacial score (nSPS) is 16.8. The highest BCUT2D eigenvalue weighted by atomic mass is 32.1. The quantitative estimate of drug-likeness (QED) is 0.825. The van der Waals surface area contributed by atoms with Crippen LogP contribution in [0, 0.1) is 11.3 Å². The van der Waals surface area contributed by atoms with Crippen molar-refractivity contribution in [3.05, 3.63) is 27.1 Å². The first-order valence-electron chi connectivity index (χ1n) is 9.53. The number of carbonyl (C=O) groups excluding carboxylic acids is 1. The molecule has 152 valence electrons. The van der Waals surface area contributed by atoms with Crippen LogP contribution in [0.25, 0.3) is 10.2 Å². The molecule has 8 heteroatoms. The van der Waals surface area contributed by atoms with Gasteiger partial charge in [0.1, 0.15) is 11.4 Å². The number of carboxylic acids is 1. The molecule has 0 saturated heterocycles. The Morgan fingerprint density at radius 2 is 2.11 bits per heavy atom. The minimum absolute atomic E-state index is 0.0648. The fraction of sp³-hybridized carbons (Fsp3) is 0.600. The standard InChI is InChI=1S/C20H27N3O4S/c1-20(2,3)12-5-6-13-14(9-12)28-18-17(13)19(27)23(11-21-18)8-7-15(24)22(4)10-16(25)26/h11-12H,5-10H2,1-4H3,(H,25,26). The van der Waals surface area contributed by atoms with Gasteiger partial charge in [-0.15, -0.1) is 11.3 Å². The second-order valence-corrected chi connectivity index (χ2v) is 9.71. The fourth-order valence-electron chi connectivity index (χ4n) is 3.80. The number of aryl methyl sites for hydroxylation is 2. The lowest BCUT2D eigenvalue weighted by atomic mass is 9.72. The number of likely N-dealkylation sites (N-methyl/N-ethyl adjacent to an activating group) is 1. The molecule has 2 aromatic rings. The maximum atomic E-state index is 13.0. The Labute approximate surface area is 168 Å². The van der Waals surface area contributed by atoms with Crippen LogP contribution in [0.1, 0.15) is 44.1 Å². The van der Waals surface area contributed by atoms with Gasteiger partial charge in [-0.2, -0.15) is 0 Å². The molecule has 0 saturated carbocycles. The van der Waals surface area contributed by atoms with Gasteiger partial charge in [-0.25, -0.2) is 4.98 Å². The summed E-state index contributed by atoms with van der Waals surface area (Å²) in [6, 6.07) is 0. The molecule has 2 aromatic heterocycles. The topological polar surface area (TPSA) is 92.5 Å². The molecule has 0 radical (unpaired) electrons. The summed E-state index contributed by atoms with van der Waals surface area (Å²) in [6.45, 7) is 6.64. The number of fused-ring (bicyclic) bond motifs is 3.